The van der Waals surface area contributed by atoms with Gasteiger partial charge in [-0.1, -0.05) is 0 Å². The summed E-state index contributed by atoms with van der Waals surface area (Å²) in [6, 6.07) is 6.10. The molecule has 0 aliphatic heterocycles. The van der Waals surface area contributed by atoms with Gasteiger partial charge in [-0.25, -0.2) is 9.37 Å². The molecule has 0 radical (unpaired) electrons. The molecular formula is C19H28FIN4OS. The largest absolute Gasteiger partial charge is 0.494 e. The van der Waals surface area contributed by atoms with E-state index >= 15 is 0 Å². The number of rotatable bonds is 9. The summed E-state index contributed by atoms with van der Waals surface area (Å²) in [4.78, 5) is 11.3. The number of ether oxygens (including phenoxy) is 1. The molecule has 0 spiro atoms. The van der Waals surface area contributed by atoms with Gasteiger partial charge in [-0.2, -0.15) is 0 Å². The fourth-order valence-corrected chi connectivity index (χ4v) is 2.99. The van der Waals surface area contributed by atoms with Crippen molar-refractivity contribution in [1.82, 2.24) is 15.2 Å². The summed E-state index contributed by atoms with van der Waals surface area (Å²) in [5, 5.41) is 6.48. The van der Waals surface area contributed by atoms with Crippen LogP contribution in [0.1, 0.15) is 30.5 Å². The quantitative estimate of drug-likeness (QED) is 0.236. The van der Waals surface area contributed by atoms with Crippen LogP contribution >= 0.6 is 35.3 Å². The predicted molar refractivity (Wildman–Crippen MR) is 121 cm³/mol. The molecule has 0 aliphatic carbocycles. The number of aromatic nitrogens is 1. The van der Waals surface area contributed by atoms with E-state index in [9.17, 15) is 4.39 Å². The van der Waals surface area contributed by atoms with Crippen molar-refractivity contribution in [3.63, 3.8) is 0 Å². The van der Waals surface area contributed by atoms with Crippen LogP contribution in [0.2, 0.25) is 0 Å². The topological polar surface area (TPSA) is 49.8 Å². The van der Waals surface area contributed by atoms with E-state index in [1.165, 1.54) is 12.1 Å². The molecule has 0 saturated carbocycles. The number of hydrogen-bond acceptors (Lipinski definition) is 4. The molecule has 150 valence electrons. The van der Waals surface area contributed by atoms with Crippen LogP contribution in [-0.2, 0) is 6.54 Å². The number of unbranched alkanes of at least 4 members (excludes halogenated alkanes) is 1. The minimum Gasteiger partial charge on any atom is -0.494 e. The van der Waals surface area contributed by atoms with E-state index in [0.29, 0.717) is 12.4 Å². The maximum absolute atomic E-state index is 12.8. The van der Waals surface area contributed by atoms with Gasteiger partial charge in [-0.15, -0.1) is 35.3 Å². The lowest BCUT2D eigenvalue weighted by atomic mass is 10.3. The standard InChI is InChI=1S/C19H27FN4OS.HI/c1-4-21-19(24(3)13-17-14-26-15(2)23-17)22-11-5-6-12-25-18-9-7-16(20)8-10-18;/h7-10,14H,4-6,11-13H2,1-3H3,(H,21,22);1H. The highest BCUT2D eigenvalue weighted by atomic mass is 127. The Labute approximate surface area is 182 Å². The van der Waals surface area contributed by atoms with Gasteiger partial charge in [-0.05, 0) is 51.0 Å². The third kappa shape index (κ3) is 8.87. The molecule has 0 fully saturated rings. The van der Waals surface area contributed by atoms with E-state index in [0.717, 1.165) is 49.1 Å². The Morgan fingerprint density at radius 1 is 1.30 bits per heavy atom. The molecule has 1 heterocycles. The van der Waals surface area contributed by atoms with E-state index in [2.05, 4.69) is 32.5 Å². The van der Waals surface area contributed by atoms with E-state index in [-0.39, 0.29) is 29.8 Å². The first-order valence-electron chi connectivity index (χ1n) is 8.87. The molecule has 0 atom stereocenters. The van der Waals surface area contributed by atoms with Gasteiger partial charge >= 0.3 is 0 Å². The lowest BCUT2D eigenvalue weighted by Crippen LogP contribution is -2.38. The zero-order chi connectivity index (χ0) is 18.8. The summed E-state index contributed by atoms with van der Waals surface area (Å²) in [6.45, 7) is 6.98. The van der Waals surface area contributed by atoms with Crippen LogP contribution in [0.3, 0.4) is 0 Å². The first-order valence-corrected chi connectivity index (χ1v) is 9.75. The van der Waals surface area contributed by atoms with Gasteiger partial charge < -0.3 is 15.0 Å². The second-order valence-corrected chi connectivity index (χ2v) is 7.02. The predicted octanol–water partition coefficient (Wildman–Crippen LogP) is 4.47. The number of benzene rings is 1. The van der Waals surface area contributed by atoms with Crippen molar-refractivity contribution >= 4 is 41.3 Å². The third-order valence-corrected chi connectivity index (χ3v) is 4.48. The number of halogens is 2. The van der Waals surface area contributed by atoms with Crippen molar-refractivity contribution in [2.45, 2.75) is 33.2 Å². The third-order valence-electron chi connectivity index (χ3n) is 3.66. The first-order chi connectivity index (χ1) is 12.6. The monoisotopic (exact) mass is 506 g/mol. The Morgan fingerprint density at radius 2 is 2.04 bits per heavy atom. The van der Waals surface area contributed by atoms with Crippen LogP contribution in [-0.4, -0.2) is 42.6 Å². The summed E-state index contributed by atoms with van der Waals surface area (Å²) in [7, 11) is 2.02. The summed E-state index contributed by atoms with van der Waals surface area (Å²) in [6.07, 6.45) is 1.83. The zero-order valence-corrected chi connectivity index (χ0v) is 19.2. The molecule has 0 saturated heterocycles. The summed E-state index contributed by atoms with van der Waals surface area (Å²) < 4.78 is 18.4. The highest BCUT2D eigenvalue weighted by Gasteiger charge is 2.08. The van der Waals surface area contributed by atoms with Crippen LogP contribution in [0.25, 0.3) is 0 Å². The lowest BCUT2D eigenvalue weighted by Gasteiger charge is -2.21. The lowest BCUT2D eigenvalue weighted by molar-refractivity contribution is 0.307. The van der Waals surface area contributed by atoms with Crippen LogP contribution in [0.4, 0.5) is 4.39 Å². The minimum absolute atomic E-state index is 0. The molecule has 0 aliphatic rings. The summed E-state index contributed by atoms with van der Waals surface area (Å²) in [5.41, 5.74) is 1.06. The molecule has 1 N–H and O–H groups in total. The fourth-order valence-electron chi connectivity index (χ4n) is 2.39. The van der Waals surface area contributed by atoms with E-state index < -0.39 is 0 Å². The van der Waals surface area contributed by atoms with Gasteiger partial charge in [0.15, 0.2) is 5.96 Å². The number of nitrogens with zero attached hydrogens (tertiary/aromatic N) is 3. The highest BCUT2D eigenvalue weighted by molar-refractivity contribution is 14.0. The molecule has 8 heteroatoms. The van der Waals surface area contributed by atoms with Gasteiger partial charge in [0.05, 0.1) is 23.9 Å². The normalized spacial score (nSPS) is 11.0. The van der Waals surface area contributed by atoms with E-state index in [4.69, 9.17) is 4.74 Å². The van der Waals surface area contributed by atoms with Crippen molar-refractivity contribution in [2.24, 2.45) is 4.99 Å². The Kier molecular flexibility index (Phi) is 11.3. The molecule has 1 aromatic heterocycles. The number of guanidine groups is 1. The van der Waals surface area contributed by atoms with Crippen molar-refractivity contribution < 1.29 is 9.13 Å². The van der Waals surface area contributed by atoms with E-state index in [1.54, 1.807) is 23.5 Å². The van der Waals surface area contributed by atoms with Crippen LogP contribution in [0, 0.1) is 12.7 Å². The molecule has 27 heavy (non-hydrogen) atoms. The fraction of sp³-hybridized carbons (Fsp3) is 0.474. The maximum Gasteiger partial charge on any atom is 0.194 e. The van der Waals surface area contributed by atoms with Crippen molar-refractivity contribution in [3.05, 3.63) is 46.2 Å². The smallest absolute Gasteiger partial charge is 0.194 e. The van der Waals surface area contributed by atoms with Crippen LogP contribution in [0.15, 0.2) is 34.6 Å². The summed E-state index contributed by atoms with van der Waals surface area (Å²) >= 11 is 1.66. The van der Waals surface area contributed by atoms with Gasteiger partial charge in [-0.3, -0.25) is 4.99 Å². The van der Waals surface area contributed by atoms with E-state index in [1.807, 2.05) is 14.0 Å². The van der Waals surface area contributed by atoms with Crippen LogP contribution < -0.4 is 10.1 Å². The van der Waals surface area contributed by atoms with Gasteiger partial charge in [0.25, 0.3) is 0 Å². The molecular weight excluding hydrogens is 478 g/mol. The van der Waals surface area contributed by atoms with Gasteiger partial charge in [0, 0.05) is 25.5 Å². The number of nitrogens with one attached hydrogen (secondary N) is 1. The molecule has 0 bridgehead atoms. The Bertz CT molecular complexity index is 693. The molecule has 0 amide bonds. The average molecular weight is 506 g/mol. The highest BCUT2D eigenvalue weighted by Crippen LogP contribution is 2.12. The summed E-state index contributed by atoms with van der Waals surface area (Å²) in [5.74, 6) is 1.33. The van der Waals surface area contributed by atoms with Crippen molar-refractivity contribution in [1.29, 1.82) is 0 Å². The zero-order valence-electron chi connectivity index (χ0n) is 16.1. The van der Waals surface area contributed by atoms with Crippen molar-refractivity contribution in [2.75, 3.05) is 26.7 Å². The number of aliphatic imine (C=N–C) groups is 1. The molecule has 2 rings (SSSR count). The average Bonchev–Trinajstić information content (AvgIpc) is 3.03. The Morgan fingerprint density at radius 3 is 2.67 bits per heavy atom. The molecule has 5 nitrogen and oxygen atoms in total. The number of hydrogen-bond donors (Lipinski definition) is 1. The van der Waals surface area contributed by atoms with Gasteiger partial charge in [0.1, 0.15) is 11.6 Å². The number of aryl methyl sites for hydroxylation is 1. The van der Waals surface area contributed by atoms with Crippen LogP contribution in [0.5, 0.6) is 5.75 Å². The SMILES string of the molecule is CCNC(=NCCCCOc1ccc(F)cc1)N(C)Cc1csc(C)n1.I. The maximum atomic E-state index is 12.8. The van der Waals surface area contributed by atoms with Gasteiger partial charge in [0.2, 0.25) is 0 Å². The minimum atomic E-state index is -0.250. The number of thiazole rings is 1. The Balaban J connectivity index is 0.00000364. The molecule has 1 aromatic carbocycles. The second-order valence-electron chi connectivity index (χ2n) is 5.96. The Hall–Kier alpha value is -1.42. The first kappa shape index (κ1) is 23.6. The second kappa shape index (κ2) is 12.9. The molecule has 0 unspecified atom stereocenters. The molecule has 2 aromatic rings. The van der Waals surface area contributed by atoms with Crippen molar-refractivity contribution in [3.8, 4) is 5.75 Å².